The predicted octanol–water partition coefficient (Wildman–Crippen LogP) is 4.20. The molecule has 0 fully saturated rings. The molecule has 184 valence electrons. The minimum atomic E-state index is -1.97. The van der Waals surface area contributed by atoms with E-state index in [1.54, 1.807) is 78.9 Å². The van der Waals surface area contributed by atoms with E-state index in [-0.39, 0.29) is 17.0 Å². The first-order chi connectivity index (χ1) is 17.9. The molecule has 0 aliphatic heterocycles. The maximum Gasteiger partial charge on any atom is 0.343 e. The number of hydrazone groups is 1. The molecule has 4 aromatic carbocycles. The van der Waals surface area contributed by atoms with Gasteiger partial charge in [-0.15, -0.1) is 0 Å². The first-order valence-corrected chi connectivity index (χ1v) is 11.1. The Morgan fingerprint density at radius 2 is 1.46 bits per heavy atom. The zero-order valence-corrected chi connectivity index (χ0v) is 19.4. The summed E-state index contributed by atoms with van der Waals surface area (Å²) in [5.41, 5.74) is 1.71. The number of nitro benzene ring substituents is 1. The quantitative estimate of drug-likeness (QED) is 0.124. The van der Waals surface area contributed by atoms with Gasteiger partial charge in [0.15, 0.2) is 5.60 Å². The molecule has 0 bridgehead atoms. The molecule has 0 atom stereocenters. The van der Waals surface area contributed by atoms with Crippen molar-refractivity contribution in [2.24, 2.45) is 5.10 Å². The van der Waals surface area contributed by atoms with Crippen molar-refractivity contribution in [3.8, 4) is 5.75 Å². The summed E-state index contributed by atoms with van der Waals surface area (Å²) in [4.78, 5) is 35.7. The van der Waals surface area contributed by atoms with Gasteiger partial charge in [0.2, 0.25) is 0 Å². The summed E-state index contributed by atoms with van der Waals surface area (Å²) in [6.07, 6.45) is 1.34. The number of hydrogen-bond acceptors (Lipinski definition) is 7. The Hall–Kier alpha value is -5.15. The fraction of sp³-hybridized carbons (Fsp3) is 0.0357. The number of nitrogens with zero attached hydrogens (tertiary/aromatic N) is 2. The van der Waals surface area contributed by atoms with Gasteiger partial charge in [0, 0.05) is 12.1 Å². The molecular weight excluding hydrogens is 474 g/mol. The van der Waals surface area contributed by atoms with Crippen molar-refractivity contribution in [1.29, 1.82) is 0 Å². The van der Waals surface area contributed by atoms with Crippen LogP contribution in [0.3, 0.4) is 0 Å². The minimum Gasteiger partial charge on any atom is -0.423 e. The Balaban J connectivity index is 1.47. The summed E-state index contributed by atoms with van der Waals surface area (Å²) >= 11 is 0. The SMILES string of the molecule is O=C(Oc1cccc(C=NNC(=O)C(O)(c2ccccc2)c2ccccc2)c1)c1ccc([N+](=O)[O-])cc1. The topological polar surface area (TPSA) is 131 Å². The molecule has 9 heteroatoms. The Labute approximate surface area is 211 Å². The third-order valence-corrected chi connectivity index (χ3v) is 5.47. The number of non-ortho nitro benzene ring substituents is 1. The number of rotatable bonds is 8. The van der Waals surface area contributed by atoms with Crippen LogP contribution in [-0.2, 0) is 10.4 Å². The number of amides is 1. The van der Waals surface area contributed by atoms with Gasteiger partial charge in [-0.3, -0.25) is 14.9 Å². The van der Waals surface area contributed by atoms with Gasteiger partial charge in [-0.25, -0.2) is 10.2 Å². The molecule has 4 aromatic rings. The number of aliphatic hydroxyl groups is 1. The van der Waals surface area contributed by atoms with Crippen LogP contribution in [0.5, 0.6) is 5.75 Å². The molecule has 9 nitrogen and oxygen atoms in total. The van der Waals surface area contributed by atoms with E-state index in [1.165, 1.54) is 36.5 Å². The van der Waals surface area contributed by atoms with Crippen LogP contribution in [0.4, 0.5) is 5.69 Å². The Morgan fingerprint density at radius 3 is 2.03 bits per heavy atom. The van der Waals surface area contributed by atoms with E-state index in [2.05, 4.69) is 10.5 Å². The van der Waals surface area contributed by atoms with Gasteiger partial charge in [-0.2, -0.15) is 5.10 Å². The van der Waals surface area contributed by atoms with Gasteiger partial charge >= 0.3 is 5.97 Å². The lowest BCUT2D eigenvalue weighted by Crippen LogP contribution is -2.43. The maximum absolute atomic E-state index is 13.1. The minimum absolute atomic E-state index is 0.136. The molecule has 0 aromatic heterocycles. The van der Waals surface area contributed by atoms with E-state index in [4.69, 9.17) is 4.74 Å². The van der Waals surface area contributed by atoms with Crippen molar-refractivity contribution in [1.82, 2.24) is 5.43 Å². The van der Waals surface area contributed by atoms with Crippen LogP contribution < -0.4 is 10.2 Å². The number of esters is 1. The number of nitrogens with one attached hydrogen (secondary N) is 1. The highest BCUT2D eigenvalue weighted by atomic mass is 16.6. The lowest BCUT2D eigenvalue weighted by Gasteiger charge is -2.27. The van der Waals surface area contributed by atoms with Crippen molar-refractivity contribution in [3.63, 3.8) is 0 Å². The van der Waals surface area contributed by atoms with Gasteiger partial charge < -0.3 is 9.84 Å². The normalized spacial score (nSPS) is 11.2. The summed E-state index contributed by atoms with van der Waals surface area (Å²) in [5.74, 6) is -1.22. The molecule has 0 aliphatic rings. The highest BCUT2D eigenvalue weighted by Crippen LogP contribution is 2.29. The molecule has 0 radical (unpaired) electrons. The molecule has 4 rings (SSSR count). The Kier molecular flexibility index (Phi) is 7.46. The van der Waals surface area contributed by atoms with Crippen LogP contribution >= 0.6 is 0 Å². The van der Waals surface area contributed by atoms with Gasteiger partial charge in [-0.1, -0.05) is 72.8 Å². The molecular formula is C28H21N3O6. The lowest BCUT2D eigenvalue weighted by atomic mass is 9.85. The van der Waals surface area contributed by atoms with Gasteiger partial charge in [0.25, 0.3) is 11.6 Å². The largest absolute Gasteiger partial charge is 0.423 e. The first-order valence-electron chi connectivity index (χ1n) is 11.1. The van der Waals surface area contributed by atoms with Crippen molar-refractivity contribution >= 4 is 23.8 Å². The standard InChI is InChI=1S/C28H21N3O6/c32-26(21-14-16-24(17-15-21)31(35)36)37-25-13-7-8-20(18-25)19-29-30-27(33)28(34,22-9-3-1-4-10-22)23-11-5-2-6-12-23/h1-19,34H,(H,30,33). The van der Waals surface area contributed by atoms with E-state index in [9.17, 15) is 24.8 Å². The first kappa shape index (κ1) is 25.0. The number of carbonyl (C=O) groups is 2. The monoisotopic (exact) mass is 495 g/mol. The highest BCUT2D eigenvalue weighted by molar-refractivity contribution is 5.92. The fourth-order valence-corrected chi connectivity index (χ4v) is 3.58. The predicted molar refractivity (Wildman–Crippen MR) is 136 cm³/mol. The summed E-state index contributed by atoms with van der Waals surface area (Å²) in [5, 5.41) is 26.2. The fourth-order valence-electron chi connectivity index (χ4n) is 3.58. The third-order valence-electron chi connectivity index (χ3n) is 5.47. The van der Waals surface area contributed by atoms with Crippen LogP contribution in [0.25, 0.3) is 0 Å². The number of hydrogen-bond donors (Lipinski definition) is 2. The highest BCUT2D eigenvalue weighted by Gasteiger charge is 2.39. The van der Waals surface area contributed by atoms with Crippen LogP contribution in [0.1, 0.15) is 27.0 Å². The second-order valence-electron chi connectivity index (χ2n) is 7.91. The zero-order chi connectivity index (χ0) is 26.3. The second kappa shape index (κ2) is 11.1. The van der Waals surface area contributed by atoms with Gasteiger partial charge in [0.05, 0.1) is 16.7 Å². The van der Waals surface area contributed by atoms with E-state index >= 15 is 0 Å². The number of benzene rings is 4. The molecule has 0 unspecified atom stereocenters. The van der Waals surface area contributed by atoms with E-state index < -0.39 is 22.4 Å². The summed E-state index contributed by atoms with van der Waals surface area (Å²) in [6.45, 7) is 0. The summed E-state index contributed by atoms with van der Waals surface area (Å²) in [6, 6.07) is 28.5. The summed E-state index contributed by atoms with van der Waals surface area (Å²) < 4.78 is 5.34. The lowest BCUT2D eigenvalue weighted by molar-refractivity contribution is -0.384. The zero-order valence-electron chi connectivity index (χ0n) is 19.4. The van der Waals surface area contributed by atoms with E-state index in [0.29, 0.717) is 16.7 Å². The molecule has 0 aliphatic carbocycles. The van der Waals surface area contributed by atoms with Gasteiger partial charge in [-0.05, 0) is 41.0 Å². The maximum atomic E-state index is 13.1. The molecule has 1 amide bonds. The molecule has 0 saturated heterocycles. The van der Waals surface area contributed by atoms with Crippen LogP contribution in [0.2, 0.25) is 0 Å². The number of ether oxygens (including phenoxy) is 1. The summed E-state index contributed by atoms with van der Waals surface area (Å²) in [7, 11) is 0. The molecule has 0 heterocycles. The van der Waals surface area contributed by atoms with Crippen LogP contribution in [-0.4, -0.2) is 28.1 Å². The van der Waals surface area contributed by atoms with Crippen molar-refractivity contribution in [3.05, 3.63) is 142 Å². The molecule has 0 spiro atoms. The number of carbonyl (C=O) groups excluding carboxylic acids is 2. The van der Waals surface area contributed by atoms with Gasteiger partial charge in [0.1, 0.15) is 5.75 Å². The van der Waals surface area contributed by atoms with Crippen molar-refractivity contribution in [2.75, 3.05) is 0 Å². The van der Waals surface area contributed by atoms with E-state index in [1.807, 2.05) is 0 Å². The van der Waals surface area contributed by atoms with Crippen molar-refractivity contribution < 1.29 is 24.4 Å². The van der Waals surface area contributed by atoms with E-state index in [0.717, 1.165) is 0 Å². The Bertz CT molecular complexity index is 1400. The second-order valence-corrected chi connectivity index (χ2v) is 7.91. The molecule has 37 heavy (non-hydrogen) atoms. The number of nitro groups is 1. The average Bonchev–Trinajstić information content (AvgIpc) is 2.93. The molecule has 2 N–H and O–H groups in total. The van der Waals surface area contributed by atoms with Crippen LogP contribution in [0, 0.1) is 10.1 Å². The van der Waals surface area contributed by atoms with Crippen LogP contribution in [0.15, 0.2) is 114 Å². The van der Waals surface area contributed by atoms with Crippen molar-refractivity contribution in [2.45, 2.75) is 5.60 Å². The Morgan fingerprint density at radius 1 is 0.865 bits per heavy atom. The third kappa shape index (κ3) is 5.75. The average molecular weight is 495 g/mol. The molecule has 0 saturated carbocycles. The smallest absolute Gasteiger partial charge is 0.343 e.